The fourth-order valence-electron chi connectivity index (χ4n) is 2.71. The third kappa shape index (κ3) is 3.53. The van der Waals surface area contributed by atoms with Crippen molar-refractivity contribution in [2.75, 3.05) is 13.1 Å². The number of hydrogen-bond acceptors (Lipinski definition) is 4. The van der Waals surface area contributed by atoms with Crippen LogP contribution < -0.4 is 0 Å². The first-order valence-corrected chi connectivity index (χ1v) is 7.82. The van der Waals surface area contributed by atoms with Gasteiger partial charge in [0.25, 0.3) is 5.91 Å². The van der Waals surface area contributed by atoms with Gasteiger partial charge in [-0.2, -0.15) is 13.2 Å². The number of amides is 1. The molecular weight excluding hydrogens is 337 g/mol. The SMILES string of the molecule is CC(c1ccc(C(=O)N2CC(c3cc(CO)on3)C2)cc1)C(F)(F)F. The molecule has 1 aromatic heterocycles. The molecular formula is C17H17F3N2O3. The Hall–Kier alpha value is -2.35. The van der Waals surface area contributed by atoms with Gasteiger partial charge in [0.1, 0.15) is 6.61 Å². The zero-order valence-electron chi connectivity index (χ0n) is 13.5. The van der Waals surface area contributed by atoms with Crippen LogP contribution in [0.1, 0.15) is 46.1 Å². The molecule has 8 heteroatoms. The van der Waals surface area contributed by atoms with Crippen LogP contribution in [-0.2, 0) is 6.61 Å². The van der Waals surface area contributed by atoms with Gasteiger partial charge in [-0.1, -0.05) is 17.3 Å². The molecule has 1 unspecified atom stereocenters. The lowest BCUT2D eigenvalue weighted by Crippen LogP contribution is -2.48. The number of likely N-dealkylation sites (tertiary alicyclic amines) is 1. The highest BCUT2D eigenvalue weighted by atomic mass is 19.4. The first kappa shape index (κ1) is 17.5. The monoisotopic (exact) mass is 354 g/mol. The Morgan fingerprint density at radius 3 is 2.52 bits per heavy atom. The molecule has 1 atom stereocenters. The number of carbonyl (C=O) groups excluding carboxylic acids is 1. The maximum Gasteiger partial charge on any atom is 0.395 e. The predicted molar refractivity (Wildman–Crippen MR) is 82.0 cm³/mol. The average molecular weight is 354 g/mol. The number of alkyl halides is 3. The van der Waals surface area contributed by atoms with Crippen LogP contribution in [0, 0.1) is 0 Å². The van der Waals surface area contributed by atoms with E-state index in [4.69, 9.17) is 9.63 Å². The Morgan fingerprint density at radius 2 is 2.00 bits per heavy atom. The van der Waals surface area contributed by atoms with Crippen LogP contribution in [0.2, 0.25) is 0 Å². The average Bonchev–Trinajstić information content (AvgIpc) is 3.00. The standard InChI is InChI=1S/C17H17F3N2O3/c1-10(17(18,19)20)11-2-4-12(5-3-11)16(24)22-7-13(8-22)15-6-14(9-23)25-21-15/h2-6,10,13,23H,7-9H2,1H3. The molecule has 1 N–H and O–H groups in total. The van der Waals surface area contributed by atoms with Crippen molar-refractivity contribution in [1.29, 1.82) is 0 Å². The number of benzene rings is 1. The Balaban J connectivity index is 1.61. The van der Waals surface area contributed by atoms with Gasteiger partial charge in [0.2, 0.25) is 0 Å². The number of aliphatic hydroxyl groups is 1. The Morgan fingerprint density at radius 1 is 1.36 bits per heavy atom. The number of rotatable bonds is 4. The molecule has 2 heterocycles. The number of carbonyl (C=O) groups is 1. The van der Waals surface area contributed by atoms with Crippen LogP contribution >= 0.6 is 0 Å². The van der Waals surface area contributed by atoms with E-state index in [2.05, 4.69) is 5.16 Å². The van der Waals surface area contributed by atoms with Crippen molar-refractivity contribution in [1.82, 2.24) is 10.1 Å². The number of halogens is 3. The molecule has 1 aliphatic heterocycles. The summed E-state index contributed by atoms with van der Waals surface area (Å²) in [6.07, 6.45) is -4.30. The third-order valence-electron chi connectivity index (χ3n) is 4.47. The van der Waals surface area contributed by atoms with Crippen LogP contribution in [0.4, 0.5) is 13.2 Å². The lowest BCUT2D eigenvalue weighted by molar-refractivity contribution is -0.146. The lowest BCUT2D eigenvalue weighted by Gasteiger charge is -2.38. The minimum atomic E-state index is -4.30. The van der Waals surface area contributed by atoms with Gasteiger partial charge in [0, 0.05) is 30.6 Å². The highest BCUT2D eigenvalue weighted by molar-refractivity contribution is 5.94. The second kappa shape index (κ2) is 6.51. The van der Waals surface area contributed by atoms with Crippen molar-refractivity contribution >= 4 is 5.91 Å². The minimum Gasteiger partial charge on any atom is -0.388 e. The number of hydrogen-bond donors (Lipinski definition) is 1. The maximum absolute atomic E-state index is 12.7. The van der Waals surface area contributed by atoms with Gasteiger partial charge < -0.3 is 14.5 Å². The zero-order chi connectivity index (χ0) is 18.2. The van der Waals surface area contributed by atoms with Crippen molar-refractivity contribution in [3.63, 3.8) is 0 Å². The van der Waals surface area contributed by atoms with Gasteiger partial charge in [-0.3, -0.25) is 4.79 Å². The van der Waals surface area contributed by atoms with E-state index in [0.29, 0.717) is 30.1 Å². The highest BCUT2D eigenvalue weighted by Gasteiger charge is 2.37. The van der Waals surface area contributed by atoms with Crippen LogP contribution in [0.15, 0.2) is 34.9 Å². The molecule has 5 nitrogen and oxygen atoms in total. The third-order valence-corrected chi connectivity index (χ3v) is 4.47. The van der Waals surface area contributed by atoms with E-state index in [1.54, 1.807) is 11.0 Å². The molecule has 0 bridgehead atoms. The van der Waals surface area contributed by atoms with Crippen molar-refractivity contribution < 1.29 is 27.6 Å². The first-order valence-electron chi connectivity index (χ1n) is 7.82. The van der Waals surface area contributed by atoms with E-state index in [0.717, 1.165) is 6.92 Å². The molecule has 3 rings (SSSR count). The number of nitrogens with zero attached hydrogens (tertiary/aromatic N) is 2. The summed E-state index contributed by atoms with van der Waals surface area (Å²) in [7, 11) is 0. The van der Waals surface area contributed by atoms with Gasteiger partial charge in [-0.15, -0.1) is 0 Å². The van der Waals surface area contributed by atoms with E-state index >= 15 is 0 Å². The van der Waals surface area contributed by atoms with E-state index in [-0.39, 0.29) is 24.0 Å². The molecule has 0 saturated carbocycles. The van der Waals surface area contributed by atoms with E-state index in [9.17, 15) is 18.0 Å². The molecule has 1 fully saturated rings. The summed E-state index contributed by atoms with van der Waals surface area (Å²) in [6, 6.07) is 7.18. The van der Waals surface area contributed by atoms with Crippen molar-refractivity contribution in [3.8, 4) is 0 Å². The lowest BCUT2D eigenvalue weighted by atomic mass is 9.94. The van der Waals surface area contributed by atoms with Gasteiger partial charge in [-0.25, -0.2) is 0 Å². The summed E-state index contributed by atoms with van der Waals surface area (Å²) in [4.78, 5) is 14.0. The summed E-state index contributed by atoms with van der Waals surface area (Å²) in [5.74, 6) is -1.39. The normalized spacial score (nSPS) is 16.6. The first-order chi connectivity index (χ1) is 11.8. The highest BCUT2D eigenvalue weighted by Crippen LogP contribution is 2.34. The molecule has 1 aromatic carbocycles. The molecule has 0 radical (unpaired) electrons. The molecule has 0 spiro atoms. The maximum atomic E-state index is 12.7. The summed E-state index contributed by atoms with van der Waals surface area (Å²) >= 11 is 0. The van der Waals surface area contributed by atoms with E-state index < -0.39 is 12.1 Å². The summed E-state index contributed by atoms with van der Waals surface area (Å²) in [5.41, 5.74) is 1.17. The van der Waals surface area contributed by atoms with Crippen LogP contribution in [0.3, 0.4) is 0 Å². The Kier molecular flexibility index (Phi) is 4.55. The molecule has 25 heavy (non-hydrogen) atoms. The molecule has 1 amide bonds. The quantitative estimate of drug-likeness (QED) is 0.916. The van der Waals surface area contributed by atoms with Crippen molar-refractivity contribution in [3.05, 3.63) is 52.9 Å². The fourth-order valence-corrected chi connectivity index (χ4v) is 2.71. The van der Waals surface area contributed by atoms with Gasteiger partial charge >= 0.3 is 6.18 Å². The number of aliphatic hydroxyl groups excluding tert-OH is 1. The van der Waals surface area contributed by atoms with Crippen LogP contribution in [0.5, 0.6) is 0 Å². The predicted octanol–water partition coefficient (Wildman–Crippen LogP) is 3.07. The van der Waals surface area contributed by atoms with Crippen LogP contribution in [0.25, 0.3) is 0 Å². The molecule has 1 saturated heterocycles. The largest absolute Gasteiger partial charge is 0.395 e. The second-order valence-corrected chi connectivity index (χ2v) is 6.17. The zero-order valence-corrected chi connectivity index (χ0v) is 13.5. The molecule has 134 valence electrons. The summed E-state index contributed by atoms with van der Waals surface area (Å²) in [6.45, 7) is 1.77. The Labute approximate surface area is 142 Å². The minimum absolute atomic E-state index is 0.0394. The second-order valence-electron chi connectivity index (χ2n) is 6.17. The Bertz CT molecular complexity index is 749. The van der Waals surface area contributed by atoms with Crippen molar-refractivity contribution in [2.24, 2.45) is 0 Å². The summed E-state index contributed by atoms with van der Waals surface area (Å²) in [5, 5.41) is 12.8. The van der Waals surface area contributed by atoms with Crippen LogP contribution in [-0.4, -0.2) is 40.3 Å². The van der Waals surface area contributed by atoms with Gasteiger partial charge in [0.05, 0.1) is 11.6 Å². The van der Waals surface area contributed by atoms with E-state index in [1.165, 1.54) is 24.3 Å². The molecule has 2 aromatic rings. The smallest absolute Gasteiger partial charge is 0.388 e. The summed E-state index contributed by atoms with van der Waals surface area (Å²) < 4.78 is 43.1. The molecule has 0 aliphatic carbocycles. The van der Waals surface area contributed by atoms with Gasteiger partial charge in [-0.05, 0) is 24.6 Å². The van der Waals surface area contributed by atoms with Gasteiger partial charge in [0.15, 0.2) is 5.76 Å². The number of aromatic nitrogens is 1. The van der Waals surface area contributed by atoms with E-state index in [1.807, 2.05) is 0 Å². The fraction of sp³-hybridized carbons (Fsp3) is 0.412. The topological polar surface area (TPSA) is 66.6 Å². The van der Waals surface area contributed by atoms with Crippen molar-refractivity contribution in [2.45, 2.75) is 31.5 Å². The molecule has 1 aliphatic rings.